The van der Waals surface area contributed by atoms with Gasteiger partial charge < -0.3 is 0 Å². The van der Waals surface area contributed by atoms with Gasteiger partial charge >= 0.3 is 0 Å². The van der Waals surface area contributed by atoms with Crippen molar-refractivity contribution in [1.82, 2.24) is 0 Å². The van der Waals surface area contributed by atoms with Gasteiger partial charge in [0.15, 0.2) is 0 Å². The van der Waals surface area contributed by atoms with Crippen LogP contribution in [0.25, 0.3) is 0 Å². The second kappa shape index (κ2) is 6.89. The minimum absolute atomic E-state index is 0.920. The zero-order chi connectivity index (χ0) is 7.82. The molecule has 0 unspecified atom stereocenters. The Kier molecular flexibility index (Phi) is 6.74. The van der Waals surface area contributed by atoms with Gasteiger partial charge in [-0.15, -0.1) is 5.92 Å². The molecule has 0 atom stereocenters. The average Bonchev–Trinajstić information content (AvgIpc) is 1.97. The number of hydrogen-bond acceptors (Lipinski definition) is 0. The average molecular weight is 201 g/mol. The summed E-state index contributed by atoms with van der Waals surface area (Å²) in [5.41, 5.74) is 1.37. The molecule has 0 aliphatic heterocycles. The molecule has 0 spiro atoms. The molecule has 0 aliphatic carbocycles. The summed E-state index contributed by atoms with van der Waals surface area (Å²) in [7, 11) is 0. The minimum atomic E-state index is 0.920. The molecule has 0 aromatic carbocycles. The summed E-state index contributed by atoms with van der Waals surface area (Å²) in [5.74, 6) is 5.90. The topological polar surface area (TPSA) is 0 Å². The summed E-state index contributed by atoms with van der Waals surface area (Å²) in [6.07, 6.45) is 4.25. The van der Waals surface area contributed by atoms with E-state index in [2.05, 4.69) is 40.8 Å². The zero-order valence-electron chi connectivity index (χ0n) is 6.58. The van der Waals surface area contributed by atoms with E-state index in [1.165, 1.54) is 5.57 Å². The highest BCUT2D eigenvalue weighted by molar-refractivity contribution is 9.09. The number of hydrogen-bond donors (Lipinski definition) is 0. The van der Waals surface area contributed by atoms with Gasteiger partial charge in [-0.2, -0.15) is 0 Å². The second-order valence-corrected chi connectivity index (χ2v) is 2.92. The van der Waals surface area contributed by atoms with Gasteiger partial charge in [-0.1, -0.05) is 33.5 Å². The molecule has 56 valence electrons. The van der Waals surface area contributed by atoms with Crippen LogP contribution in [0.4, 0.5) is 0 Å². The smallest absolute Gasteiger partial charge is 0.0296 e. The van der Waals surface area contributed by atoms with Crippen LogP contribution in [0.2, 0.25) is 0 Å². The fourth-order valence-electron chi connectivity index (χ4n) is 0.601. The third-order valence-electron chi connectivity index (χ3n) is 1.15. The lowest BCUT2D eigenvalue weighted by Gasteiger charge is -1.90. The van der Waals surface area contributed by atoms with Crippen molar-refractivity contribution < 1.29 is 0 Å². The van der Waals surface area contributed by atoms with Crippen LogP contribution < -0.4 is 0 Å². The van der Waals surface area contributed by atoms with E-state index in [9.17, 15) is 0 Å². The second-order valence-electron chi connectivity index (χ2n) is 2.13. The Morgan fingerprint density at radius 1 is 1.60 bits per heavy atom. The highest BCUT2D eigenvalue weighted by Crippen LogP contribution is 2.00. The molecule has 0 amide bonds. The molecule has 0 rings (SSSR count). The molecular formula is C9H13Br. The number of halogens is 1. The number of allylic oxidation sites excluding steroid dienone is 2. The van der Waals surface area contributed by atoms with Crippen molar-refractivity contribution in [2.24, 2.45) is 0 Å². The quantitative estimate of drug-likeness (QED) is 0.374. The summed E-state index contributed by atoms with van der Waals surface area (Å²) in [6, 6.07) is 0. The van der Waals surface area contributed by atoms with Gasteiger partial charge in [-0.3, -0.25) is 0 Å². The molecule has 0 saturated heterocycles. The molecule has 0 heterocycles. The number of alkyl halides is 1. The summed E-state index contributed by atoms with van der Waals surface area (Å²) in [4.78, 5) is 0. The van der Waals surface area contributed by atoms with Crippen LogP contribution in [-0.4, -0.2) is 5.33 Å². The third kappa shape index (κ3) is 5.91. The van der Waals surface area contributed by atoms with Crippen LogP contribution in [0.1, 0.15) is 26.7 Å². The monoisotopic (exact) mass is 200 g/mol. The van der Waals surface area contributed by atoms with Gasteiger partial charge in [0.25, 0.3) is 0 Å². The van der Waals surface area contributed by atoms with Crippen molar-refractivity contribution in [2.45, 2.75) is 26.7 Å². The summed E-state index contributed by atoms with van der Waals surface area (Å²) in [6.45, 7) is 3.99. The Bertz CT molecular complexity index is 157. The molecule has 1 heteroatoms. The largest absolute Gasteiger partial charge is 0.106 e. The Hall–Kier alpha value is -0.220. The van der Waals surface area contributed by atoms with Crippen molar-refractivity contribution in [3.05, 3.63) is 11.6 Å². The molecule has 0 aliphatic rings. The molecule has 0 bridgehead atoms. The Balaban J connectivity index is 3.56. The van der Waals surface area contributed by atoms with Crippen LogP contribution in [0.15, 0.2) is 11.6 Å². The molecule has 0 fully saturated rings. The van der Waals surface area contributed by atoms with E-state index in [1.807, 2.05) is 6.92 Å². The van der Waals surface area contributed by atoms with Crippen molar-refractivity contribution in [2.75, 3.05) is 5.33 Å². The highest BCUT2D eigenvalue weighted by Gasteiger charge is 1.83. The number of rotatable bonds is 3. The van der Waals surface area contributed by atoms with E-state index in [4.69, 9.17) is 0 Å². The first-order valence-electron chi connectivity index (χ1n) is 3.42. The lowest BCUT2D eigenvalue weighted by atomic mass is 10.2. The van der Waals surface area contributed by atoms with Crippen LogP contribution in [0.3, 0.4) is 0 Å². The minimum Gasteiger partial charge on any atom is -0.106 e. The van der Waals surface area contributed by atoms with Crippen LogP contribution in [-0.2, 0) is 0 Å². The van der Waals surface area contributed by atoms with E-state index in [0.717, 1.165) is 18.2 Å². The Morgan fingerprint density at radius 3 is 2.80 bits per heavy atom. The maximum atomic E-state index is 3.37. The molecular weight excluding hydrogens is 188 g/mol. The van der Waals surface area contributed by atoms with E-state index >= 15 is 0 Å². The first-order chi connectivity index (χ1) is 4.81. The SMILES string of the molecule is CC#CCC(C)=CCCBr. The van der Waals surface area contributed by atoms with Gasteiger partial charge in [0.05, 0.1) is 0 Å². The Labute approximate surface area is 71.8 Å². The third-order valence-corrected chi connectivity index (χ3v) is 1.60. The predicted molar refractivity (Wildman–Crippen MR) is 50.2 cm³/mol. The molecule has 10 heavy (non-hydrogen) atoms. The van der Waals surface area contributed by atoms with Gasteiger partial charge in [0, 0.05) is 11.8 Å². The molecule has 0 N–H and O–H groups in total. The van der Waals surface area contributed by atoms with Gasteiger partial charge in [0.1, 0.15) is 0 Å². The molecule has 0 radical (unpaired) electrons. The van der Waals surface area contributed by atoms with E-state index < -0.39 is 0 Å². The van der Waals surface area contributed by atoms with Gasteiger partial charge in [0.2, 0.25) is 0 Å². The highest BCUT2D eigenvalue weighted by atomic mass is 79.9. The standard InChI is InChI=1S/C9H13Br/c1-3-4-6-9(2)7-5-8-10/h7H,5-6,8H2,1-2H3. The van der Waals surface area contributed by atoms with Crippen molar-refractivity contribution >= 4 is 15.9 Å². The molecule has 0 saturated carbocycles. The Morgan fingerprint density at radius 2 is 2.30 bits per heavy atom. The normalized spacial score (nSPS) is 10.5. The maximum absolute atomic E-state index is 3.37. The first kappa shape index (κ1) is 9.78. The fourth-order valence-corrected chi connectivity index (χ4v) is 0.830. The maximum Gasteiger partial charge on any atom is 0.0296 e. The van der Waals surface area contributed by atoms with Crippen molar-refractivity contribution in [3.8, 4) is 11.8 Å². The zero-order valence-corrected chi connectivity index (χ0v) is 8.16. The summed E-state index contributed by atoms with van der Waals surface area (Å²) in [5, 5.41) is 1.05. The van der Waals surface area contributed by atoms with E-state index in [-0.39, 0.29) is 0 Å². The fraction of sp³-hybridized carbons (Fsp3) is 0.556. The molecule has 0 nitrogen and oxygen atoms in total. The van der Waals surface area contributed by atoms with Crippen LogP contribution in [0, 0.1) is 11.8 Å². The molecule has 0 aromatic heterocycles. The van der Waals surface area contributed by atoms with Crippen molar-refractivity contribution in [1.29, 1.82) is 0 Å². The van der Waals surface area contributed by atoms with Gasteiger partial charge in [-0.25, -0.2) is 0 Å². The van der Waals surface area contributed by atoms with Crippen LogP contribution in [0.5, 0.6) is 0 Å². The molecule has 0 aromatic rings. The van der Waals surface area contributed by atoms with Gasteiger partial charge in [-0.05, 0) is 20.3 Å². The lowest BCUT2D eigenvalue weighted by Crippen LogP contribution is -1.74. The summed E-state index contributed by atoms with van der Waals surface area (Å²) < 4.78 is 0. The lowest BCUT2D eigenvalue weighted by molar-refractivity contribution is 1.15. The predicted octanol–water partition coefficient (Wildman–Crippen LogP) is 3.13. The summed E-state index contributed by atoms with van der Waals surface area (Å²) >= 11 is 3.37. The van der Waals surface area contributed by atoms with E-state index in [1.54, 1.807) is 0 Å². The van der Waals surface area contributed by atoms with E-state index in [0.29, 0.717) is 0 Å². The van der Waals surface area contributed by atoms with Crippen molar-refractivity contribution in [3.63, 3.8) is 0 Å². The first-order valence-corrected chi connectivity index (χ1v) is 4.54. The van der Waals surface area contributed by atoms with Crippen LogP contribution >= 0.6 is 15.9 Å².